The summed E-state index contributed by atoms with van der Waals surface area (Å²) in [5, 5.41) is 15.9. The number of ether oxygens (including phenoxy) is 2. The maximum atomic E-state index is 12.6. The molecule has 2 rings (SSSR count). The maximum Gasteiger partial charge on any atom is 0.328 e. The fraction of sp³-hybridized carbons (Fsp3) is 0.389. The number of benzene rings is 1. The summed E-state index contributed by atoms with van der Waals surface area (Å²) in [6, 6.07) is 8.08. The van der Waals surface area contributed by atoms with Crippen LogP contribution < -0.4 is 10.1 Å². The van der Waals surface area contributed by atoms with Crippen molar-refractivity contribution in [2.45, 2.75) is 19.9 Å². The zero-order valence-electron chi connectivity index (χ0n) is 15.0. The molecule has 0 radical (unpaired) electrons. The van der Waals surface area contributed by atoms with Gasteiger partial charge in [0, 0.05) is 7.11 Å². The Hall–Kier alpha value is -2.87. The Morgan fingerprint density at radius 2 is 1.92 bits per heavy atom. The van der Waals surface area contributed by atoms with Gasteiger partial charge < -0.3 is 19.9 Å². The molecule has 0 aliphatic rings. The first-order valence-electron chi connectivity index (χ1n) is 8.22. The molecule has 26 heavy (non-hydrogen) atoms. The van der Waals surface area contributed by atoms with Crippen molar-refractivity contribution in [2.24, 2.45) is 5.92 Å². The molecule has 8 heteroatoms. The number of carboxylic acids is 1. The second kappa shape index (κ2) is 9.00. The van der Waals surface area contributed by atoms with Crippen molar-refractivity contribution in [3.8, 4) is 11.4 Å². The molecule has 0 saturated heterocycles. The molecule has 140 valence electrons. The lowest BCUT2D eigenvalue weighted by Crippen LogP contribution is -2.44. The number of aromatic nitrogens is 2. The van der Waals surface area contributed by atoms with Gasteiger partial charge in [-0.15, -0.1) is 0 Å². The van der Waals surface area contributed by atoms with Crippen LogP contribution in [0.5, 0.6) is 5.75 Å². The minimum absolute atomic E-state index is 0.0249. The Kier molecular flexibility index (Phi) is 6.74. The van der Waals surface area contributed by atoms with Crippen molar-refractivity contribution in [2.75, 3.05) is 20.3 Å². The van der Waals surface area contributed by atoms with E-state index in [1.165, 1.54) is 11.8 Å². The SMILES string of the molecule is COCC(NC(=O)c1nn(-c2ccccc2)cc1OCC(C)C)C(=O)O. The van der Waals surface area contributed by atoms with Crippen LogP contribution in [-0.2, 0) is 9.53 Å². The summed E-state index contributed by atoms with van der Waals surface area (Å²) in [5.74, 6) is -1.27. The highest BCUT2D eigenvalue weighted by atomic mass is 16.5. The molecular formula is C18H23N3O5. The number of rotatable bonds is 9. The van der Waals surface area contributed by atoms with Gasteiger partial charge in [-0.1, -0.05) is 32.0 Å². The topological polar surface area (TPSA) is 103 Å². The molecular weight excluding hydrogens is 338 g/mol. The lowest BCUT2D eigenvalue weighted by Gasteiger charge is -2.13. The van der Waals surface area contributed by atoms with Crippen LogP contribution in [0.3, 0.4) is 0 Å². The molecule has 0 fully saturated rings. The summed E-state index contributed by atoms with van der Waals surface area (Å²) in [4.78, 5) is 23.8. The molecule has 0 aliphatic carbocycles. The van der Waals surface area contributed by atoms with E-state index in [0.29, 0.717) is 12.4 Å². The number of carbonyl (C=O) groups is 2. The van der Waals surface area contributed by atoms with Gasteiger partial charge in [-0.05, 0) is 18.1 Å². The Morgan fingerprint density at radius 3 is 2.50 bits per heavy atom. The molecule has 8 nitrogen and oxygen atoms in total. The highest BCUT2D eigenvalue weighted by Crippen LogP contribution is 2.21. The molecule has 1 atom stereocenters. The minimum atomic E-state index is -1.19. The molecule has 1 unspecified atom stereocenters. The van der Waals surface area contributed by atoms with Crippen LogP contribution in [0, 0.1) is 5.92 Å². The predicted molar refractivity (Wildman–Crippen MR) is 94.7 cm³/mol. The van der Waals surface area contributed by atoms with Gasteiger partial charge >= 0.3 is 5.97 Å². The van der Waals surface area contributed by atoms with Crippen molar-refractivity contribution in [1.29, 1.82) is 0 Å². The number of nitrogens with one attached hydrogen (secondary N) is 1. The smallest absolute Gasteiger partial charge is 0.328 e. The van der Waals surface area contributed by atoms with Crippen molar-refractivity contribution < 1.29 is 24.2 Å². The Morgan fingerprint density at radius 1 is 1.23 bits per heavy atom. The average Bonchev–Trinajstić information content (AvgIpc) is 3.04. The third-order valence-electron chi connectivity index (χ3n) is 3.43. The van der Waals surface area contributed by atoms with Gasteiger partial charge in [0.25, 0.3) is 5.91 Å². The van der Waals surface area contributed by atoms with Crippen molar-refractivity contribution in [3.05, 3.63) is 42.2 Å². The summed E-state index contributed by atoms with van der Waals surface area (Å²) in [6.45, 7) is 4.23. The molecule has 2 aromatic rings. The van der Waals surface area contributed by atoms with Gasteiger partial charge in [0.2, 0.25) is 0 Å². The minimum Gasteiger partial charge on any atom is -0.489 e. The van der Waals surface area contributed by atoms with Crippen LogP contribution in [0.4, 0.5) is 0 Å². The van der Waals surface area contributed by atoms with E-state index in [1.54, 1.807) is 6.20 Å². The largest absolute Gasteiger partial charge is 0.489 e. The van der Waals surface area contributed by atoms with Crippen LogP contribution in [-0.4, -0.2) is 53.1 Å². The summed E-state index contributed by atoms with van der Waals surface area (Å²) in [7, 11) is 1.36. The normalized spacial score (nSPS) is 12.0. The summed E-state index contributed by atoms with van der Waals surface area (Å²) in [6.07, 6.45) is 1.61. The van der Waals surface area contributed by atoms with E-state index in [4.69, 9.17) is 9.47 Å². The van der Waals surface area contributed by atoms with E-state index >= 15 is 0 Å². The fourth-order valence-electron chi connectivity index (χ4n) is 2.16. The zero-order valence-corrected chi connectivity index (χ0v) is 15.0. The average molecular weight is 361 g/mol. The highest BCUT2D eigenvalue weighted by Gasteiger charge is 2.25. The second-order valence-corrected chi connectivity index (χ2v) is 6.15. The van der Waals surface area contributed by atoms with Crippen LogP contribution in [0.2, 0.25) is 0 Å². The standard InChI is InChI=1S/C18H23N3O5/c1-12(2)10-26-15-9-21(13-7-5-4-6-8-13)20-16(15)17(22)19-14(11-25-3)18(23)24/h4-9,12,14H,10-11H2,1-3H3,(H,19,22)(H,23,24). The third-order valence-corrected chi connectivity index (χ3v) is 3.43. The summed E-state index contributed by atoms with van der Waals surface area (Å²) < 4.78 is 12.1. The quantitative estimate of drug-likeness (QED) is 0.705. The molecule has 1 heterocycles. The number of methoxy groups -OCH3 is 1. The summed E-state index contributed by atoms with van der Waals surface area (Å²) in [5.41, 5.74) is 0.782. The van der Waals surface area contributed by atoms with Crippen LogP contribution in [0.1, 0.15) is 24.3 Å². The lowest BCUT2D eigenvalue weighted by molar-refractivity contribution is -0.140. The van der Waals surface area contributed by atoms with Gasteiger partial charge in [-0.25, -0.2) is 9.48 Å². The number of hydrogen-bond acceptors (Lipinski definition) is 5. The van der Waals surface area contributed by atoms with E-state index < -0.39 is 17.9 Å². The Bertz CT molecular complexity index is 743. The molecule has 1 aromatic heterocycles. The van der Waals surface area contributed by atoms with E-state index in [2.05, 4.69) is 10.4 Å². The molecule has 0 bridgehead atoms. The van der Waals surface area contributed by atoms with Gasteiger partial charge in [0.1, 0.15) is 0 Å². The zero-order chi connectivity index (χ0) is 19.1. The molecule has 1 aromatic carbocycles. The van der Waals surface area contributed by atoms with Crippen molar-refractivity contribution >= 4 is 11.9 Å². The number of amides is 1. The molecule has 0 aliphatic heterocycles. The number of para-hydroxylation sites is 1. The van der Waals surface area contributed by atoms with Gasteiger partial charge in [-0.2, -0.15) is 5.10 Å². The Labute approximate surface area is 151 Å². The first-order valence-corrected chi connectivity index (χ1v) is 8.22. The lowest BCUT2D eigenvalue weighted by atomic mass is 10.2. The second-order valence-electron chi connectivity index (χ2n) is 6.15. The number of aliphatic carboxylic acids is 1. The monoisotopic (exact) mass is 361 g/mol. The van der Waals surface area contributed by atoms with E-state index in [9.17, 15) is 14.7 Å². The number of carbonyl (C=O) groups excluding carboxylic acids is 1. The van der Waals surface area contributed by atoms with Gasteiger partial charge in [0.15, 0.2) is 17.5 Å². The molecule has 0 saturated carbocycles. The third kappa shape index (κ3) is 5.06. The molecule has 2 N–H and O–H groups in total. The van der Waals surface area contributed by atoms with E-state index in [1.807, 2.05) is 44.2 Å². The van der Waals surface area contributed by atoms with E-state index in [0.717, 1.165) is 5.69 Å². The number of nitrogens with zero attached hydrogens (tertiary/aromatic N) is 2. The fourth-order valence-corrected chi connectivity index (χ4v) is 2.16. The first-order chi connectivity index (χ1) is 12.4. The number of carboxylic acid groups (broad SMARTS) is 1. The van der Waals surface area contributed by atoms with Crippen LogP contribution >= 0.6 is 0 Å². The molecule has 1 amide bonds. The van der Waals surface area contributed by atoms with Crippen molar-refractivity contribution in [1.82, 2.24) is 15.1 Å². The molecule has 0 spiro atoms. The highest BCUT2D eigenvalue weighted by molar-refractivity contribution is 5.97. The van der Waals surface area contributed by atoms with Crippen molar-refractivity contribution in [3.63, 3.8) is 0 Å². The first kappa shape index (κ1) is 19.5. The maximum absolute atomic E-state index is 12.6. The van der Waals surface area contributed by atoms with Crippen LogP contribution in [0.15, 0.2) is 36.5 Å². The Balaban J connectivity index is 2.30. The van der Waals surface area contributed by atoms with Crippen LogP contribution in [0.25, 0.3) is 5.69 Å². The van der Waals surface area contributed by atoms with Gasteiger partial charge in [-0.3, -0.25) is 4.79 Å². The van der Waals surface area contributed by atoms with E-state index in [-0.39, 0.29) is 18.2 Å². The number of hydrogen-bond donors (Lipinski definition) is 2. The summed E-state index contributed by atoms with van der Waals surface area (Å²) >= 11 is 0. The predicted octanol–water partition coefficient (Wildman–Crippen LogP) is 1.74. The van der Waals surface area contributed by atoms with Gasteiger partial charge in [0.05, 0.1) is 25.1 Å².